The highest BCUT2D eigenvalue weighted by Gasteiger charge is 2.16. The van der Waals surface area contributed by atoms with Crippen LogP contribution in [0.4, 0.5) is 11.4 Å². The molecule has 0 saturated heterocycles. The van der Waals surface area contributed by atoms with Crippen LogP contribution in [-0.4, -0.2) is 29.1 Å². The van der Waals surface area contributed by atoms with Crippen molar-refractivity contribution in [2.75, 3.05) is 5.32 Å². The second kappa shape index (κ2) is 10.7. The molecule has 2 amide bonds. The van der Waals surface area contributed by atoms with Crippen molar-refractivity contribution in [2.24, 2.45) is 5.10 Å². The molecule has 0 radical (unpaired) electrons. The number of carbonyl (C=O) groups excluding carboxylic acids is 2. The summed E-state index contributed by atoms with van der Waals surface area (Å²) in [7, 11) is 0. The van der Waals surface area contributed by atoms with Crippen LogP contribution >= 0.6 is 0 Å². The molecule has 8 heteroatoms. The topological polar surface area (TPSA) is 120 Å². The molecule has 0 aliphatic heterocycles. The van der Waals surface area contributed by atoms with Gasteiger partial charge in [0.05, 0.1) is 17.8 Å². The molecule has 0 unspecified atom stereocenters. The Balaban J connectivity index is 1.71. The number of amides is 2. The van der Waals surface area contributed by atoms with Crippen molar-refractivity contribution in [3.63, 3.8) is 0 Å². The predicted octanol–water partition coefficient (Wildman–Crippen LogP) is 3.76. The lowest BCUT2D eigenvalue weighted by Crippen LogP contribution is -2.39. The van der Waals surface area contributed by atoms with Crippen LogP contribution in [0, 0.1) is 6.92 Å². The highest BCUT2D eigenvalue weighted by Crippen LogP contribution is 2.23. The molecule has 1 atom stereocenters. The first-order valence-corrected chi connectivity index (χ1v) is 10.2. The Morgan fingerprint density at radius 3 is 2.30 bits per heavy atom. The van der Waals surface area contributed by atoms with Crippen molar-refractivity contribution in [1.29, 1.82) is 0 Å². The smallest absolute Gasteiger partial charge is 0.335 e. The average Bonchev–Trinajstić information content (AvgIpc) is 2.81. The summed E-state index contributed by atoms with van der Waals surface area (Å²) in [5, 5.41) is 19.0. The second-order valence-corrected chi connectivity index (χ2v) is 7.35. The van der Waals surface area contributed by atoms with E-state index in [1.165, 1.54) is 18.3 Å². The number of carboxylic acid groups (broad SMARTS) is 1. The first kappa shape index (κ1) is 23.2. The van der Waals surface area contributed by atoms with Gasteiger partial charge in [-0.05, 0) is 49.2 Å². The van der Waals surface area contributed by atoms with Gasteiger partial charge in [0.25, 0.3) is 0 Å². The molecule has 8 nitrogen and oxygen atoms in total. The third-order valence-corrected chi connectivity index (χ3v) is 4.94. The quantitative estimate of drug-likeness (QED) is 0.251. The number of nitrogens with one attached hydrogen (secondary N) is 3. The van der Waals surface area contributed by atoms with Gasteiger partial charge in [0.2, 0.25) is 0 Å². The summed E-state index contributed by atoms with van der Waals surface area (Å²) in [5.74, 6) is -2.86. The average molecular weight is 444 g/mol. The van der Waals surface area contributed by atoms with Crippen LogP contribution in [0.3, 0.4) is 0 Å². The molecule has 0 saturated carbocycles. The van der Waals surface area contributed by atoms with E-state index in [9.17, 15) is 19.5 Å². The maximum Gasteiger partial charge on any atom is 0.335 e. The zero-order valence-corrected chi connectivity index (χ0v) is 18.2. The van der Waals surface area contributed by atoms with E-state index in [4.69, 9.17) is 0 Å². The van der Waals surface area contributed by atoms with Crippen LogP contribution in [0.2, 0.25) is 0 Å². The van der Waals surface area contributed by atoms with Gasteiger partial charge in [0.1, 0.15) is 0 Å². The van der Waals surface area contributed by atoms with Crippen LogP contribution in [0.1, 0.15) is 40.0 Å². The molecule has 33 heavy (non-hydrogen) atoms. The van der Waals surface area contributed by atoms with E-state index in [1.54, 1.807) is 13.0 Å². The van der Waals surface area contributed by atoms with Crippen molar-refractivity contribution < 1.29 is 19.5 Å². The van der Waals surface area contributed by atoms with Gasteiger partial charge < -0.3 is 15.7 Å². The highest BCUT2D eigenvalue weighted by atomic mass is 16.4. The molecule has 0 fully saturated rings. The van der Waals surface area contributed by atoms with Gasteiger partial charge in [0.15, 0.2) is 0 Å². The number of rotatable bonds is 7. The van der Waals surface area contributed by atoms with Crippen molar-refractivity contribution in [3.8, 4) is 0 Å². The molecule has 168 valence electrons. The second-order valence-electron chi connectivity index (χ2n) is 7.35. The van der Waals surface area contributed by atoms with Gasteiger partial charge in [-0.15, -0.1) is 0 Å². The number of aryl methyl sites for hydroxylation is 1. The maximum absolute atomic E-state index is 12.2. The normalized spacial score (nSPS) is 11.6. The molecule has 0 spiro atoms. The van der Waals surface area contributed by atoms with Gasteiger partial charge in [0, 0.05) is 16.9 Å². The minimum atomic E-state index is -1.09. The van der Waals surface area contributed by atoms with E-state index in [1.807, 2.05) is 61.5 Å². The summed E-state index contributed by atoms with van der Waals surface area (Å²) in [6.07, 6.45) is 1.29. The van der Waals surface area contributed by atoms with Crippen LogP contribution in [-0.2, 0) is 9.59 Å². The van der Waals surface area contributed by atoms with Crippen LogP contribution in [0.5, 0.6) is 0 Å². The third-order valence-electron chi connectivity index (χ3n) is 4.94. The van der Waals surface area contributed by atoms with Crippen LogP contribution in [0.25, 0.3) is 0 Å². The van der Waals surface area contributed by atoms with Crippen LogP contribution < -0.4 is 16.1 Å². The molecular formula is C25H24N4O4. The maximum atomic E-state index is 12.2. The number of anilines is 2. The number of carbonyl (C=O) groups is 3. The molecule has 0 heterocycles. The van der Waals surface area contributed by atoms with Gasteiger partial charge in [-0.2, -0.15) is 5.10 Å². The summed E-state index contributed by atoms with van der Waals surface area (Å²) in [6.45, 7) is 3.71. The fourth-order valence-electron chi connectivity index (χ4n) is 3.07. The molecule has 0 aliphatic rings. The summed E-state index contributed by atoms with van der Waals surface area (Å²) < 4.78 is 0. The van der Waals surface area contributed by atoms with Gasteiger partial charge in [-0.3, -0.25) is 9.59 Å². The minimum Gasteiger partial charge on any atom is -0.478 e. The van der Waals surface area contributed by atoms with Crippen molar-refractivity contribution in [1.82, 2.24) is 10.7 Å². The van der Waals surface area contributed by atoms with E-state index in [0.29, 0.717) is 11.3 Å². The molecule has 0 aliphatic carbocycles. The minimum absolute atomic E-state index is 0.0625. The van der Waals surface area contributed by atoms with Gasteiger partial charge >= 0.3 is 17.8 Å². The molecule has 3 rings (SSSR count). The number of para-hydroxylation sites is 1. The Labute approximate surface area is 191 Å². The van der Waals surface area contributed by atoms with Crippen LogP contribution in [0.15, 0.2) is 77.9 Å². The molecule has 0 aromatic heterocycles. The fraction of sp³-hybridized carbons (Fsp3) is 0.120. The van der Waals surface area contributed by atoms with E-state index < -0.39 is 17.8 Å². The lowest BCUT2D eigenvalue weighted by atomic mass is 10.1. The van der Waals surface area contributed by atoms with E-state index in [2.05, 4.69) is 21.2 Å². The predicted molar refractivity (Wildman–Crippen MR) is 127 cm³/mol. The van der Waals surface area contributed by atoms with Crippen molar-refractivity contribution in [3.05, 3.63) is 95.1 Å². The monoisotopic (exact) mass is 444 g/mol. The molecule has 3 aromatic rings. The zero-order valence-electron chi connectivity index (χ0n) is 18.2. The summed E-state index contributed by atoms with van der Waals surface area (Å²) in [6, 6.07) is 21.0. The standard InChI is InChI=1S/C25H24N4O4/c1-16-8-6-7-11-21(16)28-22-13-12-19(25(32)33)14-20(22)15-26-29-24(31)23(30)27-17(2)18-9-4-3-5-10-18/h3-15,17,28H,1-2H3,(H,27,30)(H,29,31)(H,32,33)/b26-15-/t17-/m0/s1. The lowest BCUT2D eigenvalue weighted by Gasteiger charge is -2.13. The SMILES string of the molecule is Cc1ccccc1Nc1ccc(C(=O)O)cc1/C=N\NC(=O)C(=O)N[C@@H](C)c1ccccc1. The van der Waals surface area contributed by atoms with E-state index in [-0.39, 0.29) is 11.6 Å². The van der Waals surface area contributed by atoms with E-state index >= 15 is 0 Å². The molecule has 3 aromatic carbocycles. The molecular weight excluding hydrogens is 420 g/mol. The van der Waals surface area contributed by atoms with Crippen molar-refractivity contribution >= 4 is 35.4 Å². The first-order valence-electron chi connectivity index (χ1n) is 10.2. The lowest BCUT2D eigenvalue weighted by molar-refractivity contribution is -0.139. The van der Waals surface area contributed by atoms with Gasteiger partial charge in [-0.1, -0.05) is 48.5 Å². The molecule has 4 N–H and O–H groups in total. The number of nitrogens with zero attached hydrogens (tertiary/aromatic N) is 1. The first-order chi connectivity index (χ1) is 15.8. The Kier molecular flexibility index (Phi) is 7.54. The number of aromatic carboxylic acids is 1. The number of carboxylic acids is 1. The number of hydrazone groups is 1. The Morgan fingerprint density at radius 1 is 0.909 bits per heavy atom. The summed E-state index contributed by atoms with van der Waals surface area (Å²) in [5.41, 5.74) is 5.97. The summed E-state index contributed by atoms with van der Waals surface area (Å²) in [4.78, 5) is 35.7. The Bertz CT molecular complexity index is 1190. The van der Waals surface area contributed by atoms with E-state index in [0.717, 1.165) is 16.8 Å². The summed E-state index contributed by atoms with van der Waals surface area (Å²) >= 11 is 0. The zero-order chi connectivity index (χ0) is 23.8. The third kappa shape index (κ3) is 6.27. The number of hydrogen-bond acceptors (Lipinski definition) is 5. The largest absolute Gasteiger partial charge is 0.478 e. The fourth-order valence-corrected chi connectivity index (χ4v) is 3.07. The molecule has 0 bridgehead atoms. The Hall–Kier alpha value is -4.46. The van der Waals surface area contributed by atoms with Crippen molar-refractivity contribution in [2.45, 2.75) is 19.9 Å². The Morgan fingerprint density at radius 2 is 1.61 bits per heavy atom. The highest BCUT2D eigenvalue weighted by molar-refractivity contribution is 6.35. The number of benzene rings is 3. The van der Waals surface area contributed by atoms with Gasteiger partial charge in [-0.25, -0.2) is 10.2 Å². The number of hydrogen-bond donors (Lipinski definition) is 4.